The molecule has 0 fully saturated rings. The lowest BCUT2D eigenvalue weighted by molar-refractivity contribution is -0.122. The third-order valence-corrected chi connectivity index (χ3v) is 3.77. The van der Waals surface area contributed by atoms with E-state index < -0.39 is 0 Å². The number of fused-ring (bicyclic) bond motifs is 1. The maximum atomic E-state index is 12.3. The minimum atomic E-state index is -0.149. The molecule has 0 radical (unpaired) electrons. The molecule has 110 valence electrons. The van der Waals surface area contributed by atoms with Crippen molar-refractivity contribution in [3.63, 3.8) is 0 Å². The van der Waals surface area contributed by atoms with Crippen LogP contribution >= 0.6 is 0 Å². The molecule has 2 heterocycles. The fourth-order valence-electron chi connectivity index (χ4n) is 2.12. The van der Waals surface area contributed by atoms with Gasteiger partial charge in [0, 0.05) is 18.2 Å². The van der Waals surface area contributed by atoms with Gasteiger partial charge in [0.2, 0.25) is 5.91 Å². The number of carbonyl (C=O) groups excluding carboxylic acids is 1. The van der Waals surface area contributed by atoms with Crippen molar-refractivity contribution >= 4 is 5.91 Å². The Morgan fingerprint density at radius 3 is 2.95 bits per heavy atom. The van der Waals surface area contributed by atoms with E-state index in [4.69, 9.17) is 0 Å². The number of hydrogen-bond acceptors (Lipinski definition) is 4. The summed E-state index contributed by atoms with van der Waals surface area (Å²) in [5.74, 6) is 0.215. The van der Waals surface area contributed by atoms with Gasteiger partial charge in [0.05, 0.1) is 12.0 Å². The zero-order chi connectivity index (χ0) is 14.7. The van der Waals surface area contributed by atoms with Gasteiger partial charge in [-0.05, 0) is 25.8 Å². The van der Waals surface area contributed by atoms with E-state index in [2.05, 4.69) is 15.6 Å². The second-order valence-corrected chi connectivity index (χ2v) is 5.63. The molecule has 6 nitrogen and oxygen atoms in total. The summed E-state index contributed by atoms with van der Waals surface area (Å²) in [6.07, 6.45) is 2.14. The molecule has 20 heavy (non-hydrogen) atoms. The Balaban J connectivity index is 2.10. The van der Waals surface area contributed by atoms with Crippen LogP contribution < -0.4 is 16.2 Å². The van der Waals surface area contributed by atoms with Crippen molar-refractivity contribution in [3.8, 4) is 0 Å². The quantitative estimate of drug-likeness (QED) is 0.816. The molecule has 1 aliphatic rings. The van der Waals surface area contributed by atoms with Crippen LogP contribution in [0.2, 0.25) is 0 Å². The molecule has 0 saturated carbocycles. The van der Waals surface area contributed by atoms with Gasteiger partial charge in [0.15, 0.2) is 0 Å². The smallest absolute Gasteiger partial charge is 0.257 e. The molecule has 0 aromatic carbocycles. The molecule has 0 bridgehead atoms. The Morgan fingerprint density at radius 2 is 2.25 bits per heavy atom. The lowest BCUT2D eigenvalue weighted by Crippen LogP contribution is -2.41. The Kier molecular flexibility index (Phi) is 4.54. The molecule has 0 aliphatic carbocycles. The van der Waals surface area contributed by atoms with Crippen molar-refractivity contribution in [2.24, 2.45) is 5.92 Å². The van der Waals surface area contributed by atoms with Gasteiger partial charge in [-0.15, -0.1) is 0 Å². The Bertz CT molecular complexity index is 551. The van der Waals surface area contributed by atoms with Crippen molar-refractivity contribution in [1.82, 2.24) is 20.2 Å². The summed E-state index contributed by atoms with van der Waals surface area (Å²) in [6, 6.07) is 0.0907. The van der Waals surface area contributed by atoms with E-state index in [0.29, 0.717) is 18.9 Å². The topological polar surface area (TPSA) is 76.0 Å². The SMILES string of the molecule is CC(C)C(C)NC(=O)Cn1cnc2c(c1=O)CCNC2. The first-order valence-electron chi connectivity index (χ1n) is 7.06. The maximum Gasteiger partial charge on any atom is 0.257 e. The lowest BCUT2D eigenvalue weighted by Gasteiger charge is -2.19. The van der Waals surface area contributed by atoms with E-state index >= 15 is 0 Å². The number of aromatic nitrogens is 2. The second kappa shape index (κ2) is 6.17. The van der Waals surface area contributed by atoms with E-state index in [1.165, 1.54) is 10.9 Å². The number of rotatable bonds is 4. The van der Waals surface area contributed by atoms with Crippen LogP contribution in [0.4, 0.5) is 0 Å². The molecule has 0 saturated heterocycles. The molecule has 1 unspecified atom stereocenters. The molecule has 1 aliphatic heterocycles. The van der Waals surface area contributed by atoms with Crippen LogP contribution in [0.5, 0.6) is 0 Å². The van der Waals surface area contributed by atoms with E-state index in [1.807, 2.05) is 20.8 Å². The van der Waals surface area contributed by atoms with Crippen LogP contribution in [-0.4, -0.2) is 28.0 Å². The zero-order valence-electron chi connectivity index (χ0n) is 12.3. The monoisotopic (exact) mass is 278 g/mol. The maximum absolute atomic E-state index is 12.3. The fourth-order valence-corrected chi connectivity index (χ4v) is 2.12. The van der Waals surface area contributed by atoms with E-state index in [1.54, 1.807) is 0 Å². The number of nitrogens with zero attached hydrogens (tertiary/aromatic N) is 2. The van der Waals surface area contributed by atoms with E-state index in [0.717, 1.165) is 17.8 Å². The number of hydrogen-bond donors (Lipinski definition) is 2. The van der Waals surface area contributed by atoms with E-state index in [-0.39, 0.29) is 24.1 Å². The third kappa shape index (κ3) is 3.25. The van der Waals surface area contributed by atoms with Gasteiger partial charge in [-0.1, -0.05) is 13.8 Å². The minimum Gasteiger partial charge on any atom is -0.352 e. The van der Waals surface area contributed by atoms with Gasteiger partial charge >= 0.3 is 0 Å². The second-order valence-electron chi connectivity index (χ2n) is 5.63. The number of nitrogens with one attached hydrogen (secondary N) is 2. The lowest BCUT2D eigenvalue weighted by atomic mass is 10.1. The molecule has 1 aromatic rings. The summed E-state index contributed by atoms with van der Waals surface area (Å²) >= 11 is 0. The average Bonchev–Trinajstić information content (AvgIpc) is 2.42. The Hall–Kier alpha value is -1.69. The van der Waals surface area contributed by atoms with Gasteiger partial charge in [-0.2, -0.15) is 0 Å². The Morgan fingerprint density at radius 1 is 1.50 bits per heavy atom. The molecule has 1 atom stereocenters. The van der Waals surface area contributed by atoms with Crippen LogP contribution in [0, 0.1) is 5.92 Å². The van der Waals surface area contributed by atoms with Crippen molar-refractivity contribution in [1.29, 1.82) is 0 Å². The predicted molar refractivity (Wildman–Crippen MR) is 76.4 cm³/mol. The summed E-state index contributed by atoms with van der Waals surface area (Å²) < 4.78 is 1.40. The Labute approximate surface area is 118 Å². The van der Waals surface area contributed by atoms with Gasteiger partial charge in [-0.3, -0.25) is 14.2 Å². The molecular formula is C14H22N4O2. The summed E-state index contributed by atoms with van der Waals surface area (Å²) in [7, 11) is 0. The summed E-state index contributed by atoms with van der Waals surface area (Å²) in [5, 5.41) is 6.07. The summed E-state index contributed by atoms with van der Waals surface area (Å²) in [6.45, 7) is 7.49. The number of carbonyl (C=O) groups is 1. The van der Waals surface area contributed by atoms with E-state index in [9.17, 15) is 9.59 Å². The van der Waals surface area contributed by atoms with Crippen LogP contribution in [0.1, 0.15) is 32.0 Å². The number of amides is 1. The first-order valence-corrected chi connectivity index (χ1v) is 7.06. The van der Waals surface area contributed by atoms with Crippen molar-refractivity contribution < 1.29 is 4.79 Å². The van der Waals surface area contributed by atoms with Crippen molar-refractivity contribution in [3.05, 3.63) is 27.9 Å². The van der Waals surface area contributed by atoms with Crippen molar-refractivity contribution in [2.75, 3.05) is 6.54 Å². The van der Waals surface area contributed by atoms with Crippen molar-refractivity contribution in [2.45, 2.75) is 46.3 Å². The molecule has 0 spiro atoms. The van der Waals surface area contributed by atoms with Gasteiger partial charge < -0.3 is 10.6 Å². The fraction of sp³-hybridized carbons (Fsp3) is 0.643. The molecule has 1 aromatic heterocycles. The first-order chi connectivity index (χ1) is 9.49. The van der Waals surface area contributed by atoms with Crippen LogP contribution in [0.3, 0.4) is 0 Å². The summed E-state index contributed by atoms with van der Waals surface area (Å²) in [4.78, 5) is 28.5. The van der Waals surface area contributed by atoms with Crippen LogP contribution in [-0.2, 0) is 24.3 Å². The van der Waals surface area contributed by atoms with Crippen LogP contribution in [0.25, 0.3) is 0 Å². The highest BCUT2D eigenvalue weighted by Gasteiger charge is 2.17. The van der Waals surface area contributed by atoms with Crippen LogP contribution in [0.15, 0.2) is 11.1 Å². The normalized spacial score (nSPS) is 15.8. The highest BCUT2D eigenvalue weighted by Crippen LogP contribution is 2.05. The van der Waals surface area contributed by atoms with Gasteiger partial charge in [0.25, 0.3) is 5.56 Å². The first kappa shape index (κ1) is 14.7. The van der Waals surface area contributed by atoms with Gasteiger partial charge in [-0.25, -0.2) is 4.98 Å². The largest absolute Gasteiger partial charge is 0.352 e. The summed E-state index contributed by atoms with van der Waals surface area (Å²) in [5.41, 5.74) is 1.44. The predicted octanol–water partition coefficient (Wildman–Crippen LogP) is 0.0497. The third-order valence-electron chi connectivity index (χ3n) is 3.77. The van der Waals surface area contributed by atoms with Gasteiger partial charge in [0.1, 0.15) is 6.54 Å². The zero-order valence-corrected chi connectivity index (χ0v) is 12.3. The average molecular weight is 278 g/mol. The highest BCUT2D eigenvalue weighted by atomic mass is 16.2. The minimum absolute atomic E-state index is 0.0314. The molecular weight excluding hydrogens is 256 g/mol. The molecule has 1 amide bonds. The molecule has 2 N–H and O–H groups in total. The standard InChI is InChI=1S/C14H22N4O2/c1-9(2)10(3)17-13(19)7-18-8-16-12-6-15-5-4-11(12)14(18)20/h8-10,15H,4-7H2,1-3H3,(H,17,19). The molecule has 2 rings (SSSR count). The molecule has 6 heteroatoms. The highest BCUT2D eigenvalue weighted by molar-refractivity contribution is 5.76.